The summed E-state index contributed by atoms with van der Waals surface area (Å²) in [6.45, 7) is 0.550. The van der Waals surface area contributed by atoms with E-state index in [1.807, 2.05) is 0 Å². The lowest BCUT2D eigenvalue weighted by Gasteiger charge is -2.20. The SMILES string of the molecule is NCCCCCC(=O)NC1(C(F)(F)F)CC1. The van der Waals surface area contributed by atoms with Crippen molar-refractivity contribution in [3.05, 3.63) is 0 Å². The second-order valence-electron chi connectivity index (χ2n) is 4.23. The summed E-state index contributed by atoms with van der Waals surface area (Å²) >= 11 is 0. The third-order valence-corrected chi connectivity index (χ3v) is 2.78. The molecular formula is C10H17F3N2O. The number of rotatable bonds is 6. The van der Waals surface area contributed by atoms with Crippen LogP contribution < -0.4 is 11.1 Å². The molecule has 0 heterocycles. The van der Waals surface area contributed by atoms with E-state index in [1.165, 1.54) is 0 Å². The Labute approximate surface area is 92.6 Å². The molecule has 6 heteroatoms. The number of unbranched alkanes of at least 4 members (excludes halogenated alkanes) is 2. The Hall–Kier alpha value is -0.780. The van der Waals surface area contributed by atoms with Gasteiger partial charge in [-0.15, -0.1) is 0 Å². The highest BCUT2D eigenvalue weighted by molar-refractivity contribution is 5.77. The van der Waals surface area contributed by atoms with Gasteiger partial charge >= 0.3 is 6.18 Å². The Morgan fingerprint density at radius 3 is 2.31 bits per heavy atom. The van der Waals surface area contributed by atoms with Crippen molar-refractivity contribution in [1.82, 2.24) is 5.32 Å². The molecule has 1 aliphatic rings. The molecule has 0 spiro atoms. The number of nitrogens with one attached hydrogen (secondary N) is 1. The van der Waals surface area contributed by atoms with Gasteiger partial charge < -0.3 is 11.1 Å². The first-order valence-corrected chi connectivity index (χ1v) is 5.49. The number of carbonyl (C=O) groups is 1. The minimum Gasteiger partial charge on any atom is -0.342 e. The van der Waals surface area contributed by atoms with Crippen molar-refractivity contribution in [2.75, 3.05) is 6.54 Å². The average Bonchev–Trinajstić information content (AvgIpc) is 2.92. The van der Waals surface area contributed by atoms with Crippen molar-refractivity contribution in [3.63, 3.8) is 0 Å². The zero-order chi connectivity index (χ0) is 12.2. The molecule has 1 aliphatic carbocycles. The van der Waals surface area contributed by atoms with Crippen LogP contribution in [0.25, 0.3) is 0 Å². The van der Waals surface area contributed by atoms with Crippen LogP contribution in [0.5, 0.6) is 0 Å². The van der Waals surface area contributed by atoms with Gasteiger partial charge in [0.25, 0.3) is 0 Å². The summed E-state index contributed by atoms with van der Waals surface area (Å²) in [6, 6.07) is 0. The predicted molar refractivity (Wildman–Crippen MR) is 53.7 cm³/mol. The highest BCUT2D eigenvalue weighted by Gasteiger charge is 2.64. The maximum Gasteiger partial charge on any atom is 0.411 e. The summed E-state index contributed by atoms with van der Waals surface area (Å²) in [5, 5.41) is 2.09. The van der Waals surface area contributed by atoms with Crippen LogP contribution in [-0.2, 0) is 4.79 Å². The molecule has 16 heavy (non-hydrogen) atoms. The standard InChI is InChI=1S/C10H17F3N2O/c11-10(12,13)9(5-6-9)15-8(16)4-2-1-3-7-14/h1-7,14H2,(H,15,16). The van der Waals surface area contributed by atoms with Crippen LogP contribution in [0.1, 0.15) is 38.5 Å². The van der Waals surface area contributed by atoms with Crippen molar-refractivity contribution < 1.29 is 18.0 Å². The highest BCUT2D eigenvalue weighted by atomic mass is 19.4. The van der Waals surface area contributed by atoms with E-state index in [9.17, 15) is 18.0 Å². The van der Waals surface area contributed by atoms with Crippen molar-refractivity contribution in [2.24, 2.45) is 5.73 Å². The van der Waals surface area contributed by atoms with Gasteiger partial charge in [-0.25, -0.2) is 0 Å². The normalized spacial score (nSPS) is 18.2. The molecule has 0 aromatic heterocycles. The summed E-state index contributed by atoms with van der Waals surface area (Å²) in [7, 11) is 0. The van der Waals surface area contributed by atoms with Crippen LogP contribution in [0, 0.1) is 0 Å². The molecule has 1 amide bonds. The molecule has 0 atom stereocenters. The third kappa shape index (κ3) is 3.37. The van der Waals surface area contributed by atoms with Gasteiger partial charge in [0, 0.05) is 6.42 Å². The number of alkyl halides is 3. The summed E-state index contributed by atoms with van der Waals surface area (Å²) in [4.78, 5) is 11.3. The number of nitrogens with two attached hydrogens (primary N) is 1. The van der Waals surface area contributed by atoms with Gasteiger partial charge in [-0.1, -0.05) is 6.42 Å². The van der Waals surface area contributed by atoms with Gasteiger partial charge in [0.05, 0.1) is 0 Å². The maximum atomic E-state index is 12.5. The molecule has 0 aromatic carbocycles. The Morgan fingerprint density at radius 2 is 1.88 bits per heavy atom. The van der Waals surface area contributed by atoms with Gasteiger partial charge in [-0.3, -0.25) is 4.79 Å². The molecule has 0 saturated heterocycles. The monoisotopic (exact) mass is 238 g/mol. The zero-order valence-corrected chi connectivity index (χ0v) is 9.07. The van der Waals surface area contributed by atoms with Gasteiger partial charge in [0.15, 0.2) is 0 Å². The largest absolute Gasteiger partial charge is 0.411 e. The van der Waals surface area contributed by atoms with E-state index < -0.39 is 17.6 Å². The lowest BCUT2D eigenvalue weighted by atomic mass is 10.1. The van der Waals surface area contributed by atoms with Crippen LogP contribution in [0.4, 0.5) is 13.2 Å². The average molecular weight is 238 g/mol. The van der Waals surface area contributed by atoms with Gasteiger partial charge in [-0.2, -0.15) is 13.2 Å². The molecule has 1 rings (SSSR count). The number of carbonyl (C=O) groups excluding carboxylic acids is 1. The number of amides is 1. The first-order valence-electron chi connectivity index (χ1n) is 5.49. The number of hydrogen-bond acceptors (Lipinski definition) is 2. The van der Waals surface area contributed by atoms with Crippen LogP contribution in [0.2, 0.25) is 0 Å². The van der Waals surface area contributed by atoms with E-state index in [4.69, 9.17) is 5.73 Å². The molecular weight excluding hydrogens is 221 g/mol. The van der Waals surface area contributed by atoms with E-state index in [-0.39, 0.29) is 19.3 Å². The van der Waals surface area contributed by atoms with Gasteiger partial charge in [0.1, 0.15) is 5.54 Å². The second kappa shape index (κ2) is 5.03. The van der Waals surface area contributed by atoms with Crippen molar-refractivity contribution in [2.45, 2.75) is 50.2 Å². The maximum absolute atomic E-state index is 12.5. The Bertz CT molecular complexity index is 249. The molecule has 0 aromatic rings. The molecule has 3 nitrogen and oxygen atoms in total. The number of hydrogen-bond donors (Lipinski definition) is 2. The fourth-order valence-electron chi connectivity index (χ4n) is 1.54. The first kappa shape index (κ1) is 13.3. The van der Waals surface area contributed by atoms with Crippen LogP contribution in [-0.4, -0.2) is 24.2 Å². The molecule has 0 unspecified atom stereocenters. The van der Waals surface area contributed by atoms with Crippen LogP contribution in [0.3, 0.4) is 0 Å². The van der Waals surface area contributed by atoms with E-state index in [2.05, 4.69) is 5.32 Å². The Balaban J connectivity index is 2.25. The van der Waals surface area contributed by atoms with E-state index >= 15 is 0 Å². The quantitative estimate of drug-likeness (QED) is 0.692. The van der Waals surface area contributed by atoms with E-state index in [0.29, 0.717) is 13.0 Å². The minimum atomic E-state index is -4.32. The highest BCUT2D eigenvalue weighted by Crippen LogP contribution is 2.48. The van der Waals surface area contributed by atoms with Crippen molar-refractivity contribution in [1.29, 1.82) is 0 Å². The van der Waals surface area contributed by atoms with Crippen LogP contribution in [0.15, 0.2) is 0 Å². The van der Waals surface area contributed by atoms with Crippen molar-refractivity contribution in [3.8, 4) is 0 Å². The van der Waals surface area contributed by atoms with Crippen LogP contribution >= 0.6 is 0 Å². The Morgan fingerprint density at radius 1 is 1.25 bits per heavy atom. The lowest BCUT2D eigenvalue weighted by molar-refractivity contribution is -0.170. The molecule has 1 fully saturated rings. The smallest absolute Gasteiger partial charge is 0.342 e. The summed E-state index contributed by atoms with van der Waals surface area (Å²) in [5.74, 6) is -0.508. The van der Waals surface area contributed by atoms with Gasteiger partial charge in [0.2, 0.25) is 5.91 Å². The molecule has 0 radical (unpaired) electrons. The molecule has 0 bridgehead atoms. The van der Waals surface area contributed by atoms with Crippen molar-refractivity contribution >= 4 is 5.91 Å². The van der Waals surface area contributed by atoms with E-state index in [0.717, 1.165) is 12.8 Å². The first-order chi connectivity index (χ1) is 7.41. The van der Waals surface area contributed by atoms with Gasteiger partial charge in [-0.05, 0) is 32.2 Å². The predicted octanol–water partition coefficient (Wildman–Crippen LogP) is 1.72. The zero-order valence-electron chi connectivity index (χ0n) is 9.07. The molecule has 3 N–H and O–H groups in total. The minimum absolute atomic E-state index is 0.00500. The third-order valence-electron chi connectivity index (χ3n) is 2.78. The lowest BCUT2D eigenvalue weighted by Crippen LogP contribution is -2.47. The number of halogens is 3. The molecule has 1 saturated carbocycles. The summed E-state index contributed by atoms with van der Waals surface area (Å²) < 4.78 is 37.4. The second-order valence-corrected chi connectivity index (χ2v) is 4.23. The Kier molecular flexibility index (Phi) is 4.18. The fourth-order valence-corrected chi connectivity index (χ4v) is 1.54. The molecule has 0 aliphatic heterocycles. The summed E-state index contributed by atoms with van der Waals surface area (Å²) in [5.41, 5.74) is 3.35. The topological polar surface area (TPSA) is 55.1 Å². The molecule has 94 valence electrons. The van der Waals surface area contributed by atoms with E-state index in [1.54, 1.807) is 0 Å². The fraction of sp³-hybridized carbons (Fsp3) is 0.900. The summed E-state index contributed by atoms with van der Waals surface area (Å²) in [6.07, 6.45) is -1.98.